The van der Waals surface area contributed by atoms with E-state index in [4.69, 9.17) is 0 Å². The molecule has 1 heterocycles. The maximum absolute atomic E-state index is 12.9. The van der Waals surface area contributed by atoms with Crippen LogP contribution in [0.15, 0.2) is 41.8 Å². The highest BCUT2D eigenvalue weighted by Gasteiger charge is 2.34. The zero-order valence-electron chi connectivity index (χ0n) is 15.3. The average Bonchev–Trinajstić information content (AvgIpc) is 3.49. The zero-order valence-corrected chi connectivity index (χ0v) is 16.2. The number of amides is 2. The number of piperidine rings is 1. The number of hydrogen-bond donors (Lipinski definition) is 2. The molecule has 27 heavy (non-hydrogen) atoms. The lowest BCUT2D eigenvalue weighted by Crippen LogP contribution is -2.51. The Morgan fingerprint density at radius 2 is 1.85 bits per heavy atom. The second kappa shape index (κ2) is 7.82. The SMILES string of the molecule is C=CC(=O)NC1CCN(S(=O)(=O)c2ccc(NC(=O)C3CC3)cc2)CC1C. The van der Waals surface area contributed by atoms with Crippen LogP contribution in [0.25, 0.3) is 0 Å². The molecule has 2 atom stereocenters. The minimum atomic E-state index is -3.61. The van der Waals surface area contributed by atoms with E-state index in [1.807, 2.05) is 6.92 Å². The highest BCUT2D eigenvalue weighted by molar-refractivity contribution is 7.89. The summed E-state index contributed by atoms with van der Waals surface area (Å²) in [5, 5.41) is 5.65. The van der Waals surface area contributed by atoms with E-state index in [0.717, 1.165) is 12.8 Å². The monoisotopic (exact) mass is 391 g/mol. The van der Waals surface area contributed by atoms with E-state index in [-0.39, 0.29) is 34.6 Å². The van der Waals surface area contributed by atoms with Gasteiger partial charge in [0.05, 0.1) is 4.90 Å². The number of nitrogens with zero attached hydrogens (tertiary/aromatic N) is 1. The van der Waals surface area contributed by atoms with Crippen molar-refractivity contribution in [2.75, 3.05) is 18.4 Å². The molecule has 1 saturated heterocycles. The fraction of sp³-hybridized carbons (Fsp3) is 0.474. The van der Waals surface area contributed by atoms with Gasteiger partial charge in [0.25, 0.3) is 0 Å². The van der Waals surface area contributed by atoms with Crippen LogP contribution < -0.4 is 10.6 Å². The zero-order chi connectivity index (χ0) is 19.6. The predicted molar refractivity (Wildman–Crippen MR) is 102 cm³/mol. The van der Waals surface area contributed by atoms with Gasteiger partial charge in [-0.3, -0.25) is 9.59 Å². The molecule has 1 aromatic carbocycles. The predicted octanol–water partition coefficient (Wildman–Crippen LogP) is 1.74. The molecule has 2 amide bonds. The number of sulfonamides is 1. The van der Waals surface area contributed by atoms with Crippen molar-refractivity contribution in [3.8, 4) is 0 Å². The lowest BCUT2D eigenvalue weighted by Gasteiger charge is -2.36. The van der Waals surface area contributed by atoms with Crippen LogP contribution in [0.3, 0.4) is 0 Å². The largest absolute Gasteiger partial charge is 0.349 e. The van der Waals surface area contributed by atoms with Crippen molar-refractivity contribution in [1.82, 2.24) is 9.62 Å². The van der Waals surface area contributed by atoms with Crippen molar-refractivity contribution in [3.05, 3.63) is 36.9 Å². The van der Waals surface area contributed by atoms with Crippen LogP contribution in [0.5, 0.6) is 0 Å². The lowest BCUT2D eigenvalue weighted by molar-refractivity contribution is -0.118. The molecule has 0 radical (unpaired) electrons. The molecule has 2 unspecified atom stereocenters. The summed E-state index contributed by atoms with van der Waals surface area (Å²) in [5.74, 6) is -0.164. The van der Waals surface area contributed by atoms with Gasteiger partial charge in [-0.05, 0) is 55.5 Å². The Morgan fingerprint density at radius 1 is 1.19 bits per heavy atom. The molecule has 1 aliphatic heterocycles. The molecular weight excluding hydrogens is 366 g/mol. The summed E-state index contributed by atoms with van der Waals surface area (Å²) in [6.45, 7) is 6.04. The molecule has 7 nitrogen and oxygen atoms in total. The molecule has 1 aromatic rings. The molecule has 0 aromatic heterocycles. The summed E-state index contributed by atoms with van der Waals surface area (Å²) in [4.78, 5) is 23.5. The first-order valence-electron chi connectivity index (χ1n) is 9.15. The van der Waals surface area contributed by atoms with E-state index in [9.17, 15) is 18.0 Å². The number of rotatable bonds is 6. The molecule has 8 heteroatoms. The van der Waals surface area contributed by atoms with E-state index in [2.05, 4.69) is 17.2 Å². The smallest absolute Gasteiger partial charge is 0.243 e. The van der Waals surface area contributed by atoms with Crippen molar-refractivity contribution in [2.45, 2.75) is 37.1 Å². The number of hydrogen-bond acceptors (Lipinski definition) is 4. The molecule has 3 rings (SSSR count). The number of carbonyl (C=O) groups excluding carboxylic acids is 2. The van der Waals surface area contributed by atoms with Crippen molar-refractivity contribution < 1.29 is 18.0 Å². The Kier molecular flexibility index (Phi) is 5.67. The highest BCUT2D eigenvalue weighted by Crippen LogP contribution is 2.30. The summed E-state index contributed by atoms with van der Waals surface area (Å²) in [7, 11) is -3.61. The Labute approximate surface area is 159 Å². The van der Waals surface area contributed by atoms with Gasteiger partial charge >= 0.3 is 0 Å². The van der Waals surface area contributed by atoms with Crippen LogP contribution >= 0.6 is 0 Å². The van der Waals surface area contributed by atoms with Crippen molar-refractivity contribution in [3.63, 3.8) is 0 Å². The van der Waals surface area contributed by atoms with Gasteiger partial charge in [0.2, 0.25) is 21.8 Å². The Balaban J connectivity index is 1.64. The molecule has 1 aliphatic carbocycles. The first kappa shape index (κ1) is 19.6. The topological polar surface area (TPSA) is 95.6 Å². The number of anilines is 1. The molecule has 2 fully saturated rings. The molecule has 1 saturated carbocycles. The quantitative estimate of drug-likeness (QED) is 0.722. The third kappa shape index (κ3) is 4.56. The number of nitrogens with one attached hydrogen (secondary N) is 2. The van der Waals surface area contributed by atoms with Gasteiger partial charge in [0.1, 0.15) is 0 Å². The standard InChI is InChI=1S/C19H25N3O4S/c1-3-18(23)21-17-10-11-22(12-13(17)2)27(25,26)16-8-6-15(7-9-16)20-19(24)14-4-5-14/h3,6-9,13-14,17H,1,4-5,10-12H2,2H3,(H,20,24)(H,21,23). The average molecular weight is 391 g/mol. The second-order valence-corrected chi connectivity index (χ2v) is 9.17. The van der Waals surface area contributed by atoms with Gasteiger partial charge in [0.15, 0.2) is 0 Å². The van der Waals surface area contributed by atoms with E-state index in [1.165, 1.54) is 22.5 Å². The first-order valence-corrected chi connectivity index (χ1v) is 10.6. The lowest BCUT2D eigenvalue weighted by atomic mass is 9.95. The first-order chi connectivity index (χ1) is 12.8. The molecule has 2 aliphatic rings. The highest BCUT2D eigenvalue weighted by atomic mass is 32.2. The summed E-state index contributed by atoms with van der Waals surface area (Å²) >= 11 is 0. The normalized spacial score (nSPS) is 23.4. The van der Waals surface area contributed by atoms with Crippen LogP contribution in [0.1, 0.15) is 26.2 Å². The Hall–Kier alpha value is -2.19. The molecule has 0 bridgehead atoms. The van der Waals surface area contributed by atoms with Crippen molar-refractivity contribution in [1.29, 1.82) is 0 Å². The van der Waals surface area contributed by atoms with Gasteiger partial charge in [-0.1, -0.05) is 13.5 Å². The third-order valence-electron chi connectivity index (χ3n) is 5.09. The van der Waals surface area contributed by atoms with Gasteiger partial charge in [-0.15, -0.1) is 0 Å². The van der Waals surface area contributed by atoms with Crippen LogP contribution in [0.4, 0.5) is 5.69 Å². The molecule has 146 valence electrons. The minimum absolute atomic E-state index is 0.00507. The second-order valence-electron chi connectivity index (χ2n) is 7.24. The third-order valence-corrected chi connectivity index (χ3v) is 6.97. The Bertz CT molecular complexity index is 831. The van der Waals surface area contributed by atoms with Crippen LogP contribution in [-0.2, 0) is 19.6 Å². The molecule has 2 N–H and O–H groups in total. The van der Waals surface area contributed by atoms with E-state index >= 15 is 0 Å². The van der Waals surface area contributed by atoms with Crippen LogP contribution in [0, 0.1) is 11.8 Å². The number of carbonyl (C=O) groups is 2. The molecule has 0 spiro atoms. The van der Waals surface area contributed by atoms with Gasteiger partial charge < -0.3 is 10.6 Å². The van der Waals surface area contributed by atoms with Gasteiger partial charge in [0, 0.05) is 30.7 Å². The van der Waals surface area contributed by atoms with Crippen molar-refractivity contribution >= 4 is 27.5 Å². The maximum Gasteiger partial charge on any atom is 0.243 e. The fourth-order valence-corrected chi connectivity index (χ4v) is 4.79. The summed E-state index contributed by atoms with van der Waals surface area (Å²) in [5.41, 5.74) is 0.602. The van der Waals surface area contributed by atoms with Crippen LogP contribution in [0.2, 0.25) is 0 Å². The van der Waals surface area contributed by atoms with Crippen LogP contribution in [-0.4, -0.2) is 43.7 Å². The summed E-state index contributed by atoms with van der Waals surface area (Å²) in [6.07, 6.45) is 3.61. The van der Waals surface area contributed by atoms with Crippen molar-refractivity contribution in [2.24, 2.45) is 11.8 Å². The molecular formula is C19H25N3O4S. The van der Waals surface area contributed by atoms with E-state index in [0.29, 0.717) is 25.2 Å². The van der Waals surface area contributed by atoms with Gasteiger partial charge in [-0.2, -0.15) is 4.31 Å². The maximum atomic E-state index is 12.9. The fourth-order valence-electron chi connectivity index (χ4n) is 3.23. The summed E-state index contributed by atoms with van der Waals surface area (Å²) < 4.78 is 27.3. The van der Waals surface area contributed by atoms with E-state index < -0.39 is 10.0 Å². The summed E-state index contributed by atoms with van der Waals surface area (Å²) in [6, 6.07) is 6.21. The minimum Gasteiger partial charge on any atom is -0.349 e. The van der Waals surface area contributed by atoms with E-state index in [1.54, 1.807) is 12.1 Å². The Morgan fingerprint density at radius 3 is 2.41 bits per heavy atom. The number of benzene rings is 1. The van der Waals surface area contributed by atoms with Gasteiger partial charge in [-0.25, -0.2) is 8.42 Å².